The lowest BCUT2D eigenvalue weighted by Crippen LogP contribution is -2.48. The van der Waals surface area contributed by atoms with Crippen LogP contribution in [0.4, 0.5) is 6.01 Å². The highest BCUT2D eigenvalue weighted by Gasteiger charge is 2.39. The van der Waals surface area contributed by atoms with Crippen LogP contribution in [0.1, 0.15) is 54.1 Å². The van der Waals surface area contributed by atoms with Crippen LogP contribution in [0.25, 0.3) is 17.1 Å². The number of anilines is 1. The van der Waals surface area contributed by atoms with Gasteiger partial charge in [-0.3, -0.25) is 4.79 Å². The first-order valence-corrected chi connectivity index (χ1v) is 12.4. The van der Waals surface area contributed by atoms with Gasteiger partial charge in [-0.1, -0.05) is 47.1 Å². The second kappa shape index (κ2) is 9.94. The Morgan fingerprint density at radius 1 is 1.00 bits per heavy atom. The molecule has 0 bridgehead atoms. The van der Waals surface area contributed by atoms with E-state index in [1.54, 1.807) is 7.11 Å². The SMILES string of the molecule is CC=C(OC)c1ccc(C(=O)N(C2CC2)C2CCN(c3nc(-c4ccc(C)cc4)no3)CC2)cc1. The molecule has 2 fully saturated rings. The molecule has 182 valence electrons. The van der Waals surface area contributed by atoms with Crippen molar-refractivity contribution in [2.75, 3.05) is 25.1 Å². The predicted molar refractivity (Wildman–Crippen MR) is 136 cm³/mol. The first-order valence-electron chi connectivity index (χ1n) is 12.4. The summed E-state index contributed by atoms with van der Waals surface area (Å²) in [5.74, 6) is 1.54. The van der Waals surface area contributed by atoms with Crippen molar-refractivity contribution < 1.29 is 14.1 Å². The van der Waals surface area contributed by atoms with Crippen molar-refractivity contribution in [3.63, 3.8) is 0 Å². The molecule has 2 heterocycles. The highest BCUT2D eigenvalue weighted by Crippen LogP contribution is 2.34. The van der Waals surface area contributed by atoms with E-state index in [0.717, 1.165) is 61.2 Å². The largest absolute Gasteiger partial charge is 0.496 e. The van der Waals surface area contributed by atoms with Gasteiger partial charge < -0.3 is 19.1 Å². The third-order valence-corrected chi connectivity index (χ3v) is 6.93. The molecule has 1 aliphatic heterocycles. The van der Waals surface area contributed by atoms with E-state index in [9.17, 15) is 4.79 Å². The lowest BCUT2D eigenvalue weighted by molar-refractivity contribution is 0.0629. The van der Waals surface area contributed by atoms with Gasteiger partial charge in [-0.15, -0.1) is 0 Å². The fourth-order valence-corrected chi connectivity index (χ4v) is 4.81. The number of methoxy groups -OCH3 is 1. The fourth-order valence-electron chi connectivity index (χ4n) is 4.81. The van der Waals surface area contributed by atoms with Crippen LogP contribution < -0.4 is 4.90 Å². The maximum Gasteiger partial charge on any atom is 0.324 e. The van der Waals surface area contributed by atoms with Gasteiger partial charge in [0, 0.05) is 41.9 Å². The Kier molecular flexibility index (Phi) is 6.57. The minimum Gasteiger partial charge on any atom is -0.496 e. The molecule has 1 aliphatic carbocycles. The van der Waals surface area contributed by atoms with Crippen molar-refractivity contribution in [1.82, 2.24) is 15.0 Å². The van der Waals surface area contributed by atoms with E-state index in [-0.39, 0.29) is 11.9 Å². The standard InChI is InChI=1S/C28H32N4O3/c1-4-25(34-3)20-9-11-22(12-10-20)27(33)32(23-13-14-23)24-15-17-31(18-16-24)28-29-26(30-35-28)21-7-5-19(2)6-8-21/h4-12,23-24H,13-18H2,1-3H3. The summed E-state index contributed by atoms with van der Waals surface area (Å²) in [4.78, 5) is 22.4. The van der Waals surface area contributed by atoms with Crippen molar-refractivity contribution in [3.05, 3.63) is 71.3 Å². The Balaban J connectivity index is 1.24. The van der Waals surface area contributed by atoms with Crippen molar-refractivity contribution >= 4 is 17.7 Å². The zero-order chi connectivity index (χ0) is 24.4. The zero-order valence-electron chi connectivity index (χ0n) is 20.6. The van der Waals surface area contributed by atoms with Crippen LogP contribution in [0.5, 0.6) is 0 Å². The number of benzene rings is 2. The summed E-state index contributed by atoms with van der Waals surface area (Å²) in [5, 5.41) is 4.18. The molecular formula is C28H32N4O3. The van der Waals surface area contributed by atoms with Gasteiger partial charge in [0.1, 0.15) is 5.76 Å². The Hall–Kier alpha value is -3.61. The molecule has 3 aromatic rings. The van der Waals surface area contributed by atoms with Gasteiger partial charge in [0.05, 0.1) is 7.11 Å². The third kappa shape index (κ3) is 4.94. The number of hydrogen-bond donors (Lipinski definition) is 0. The smallest absolute Gasteiger partial charge is 0.324 e. The highest BCUT2D eigenvalue weighted by atomic mass is 16.5. The van der Waals surface area contributed by atoms with E-state index >= 15 is 0 Å². The molecule has 0 unspecified atom stereocenters. The quantitative estimate of drug-likeness (QED) is 0.433. The maximum absolute atomic E-state index is 13.5. The summed E-state index contributed by atoms with van der Waals surface area (Å²) >= 11 is 0. The number of carbonyl (C=O) groups is 1. The maximum atomic E-state index is 13.5. The minimum absolute atomic E-state index is 0.122. The molecule has 2 aromatic carbocycles. The van der Waals surface area contributed by atoms with Crippen molar-refractivity contribution in [3.8, 4) is 11.4 Å². The molecule has 1 amide bonds. The number of carbonyl (C=O) groups excluding carboxylic acids is 1. The van der Waals surface area contributed by atoms with E-state index in [2.05, 4.69) is 26.9 Å². The van der Waals surface area contributed by atoms with Crippen molar-refractivity contribution in [1.29, 1.82) is 0 Å². The lowest BCUT2D eigenvalue weighted by atomic mass is 10.0. The van der Waals surface area contributed by atoms with Crippen LogP contribution in [-0.4, -0.2) is 53.2 Å². The summed E-state index contributed by atoms with van der Waals surface area (Å²) in [7, 11) is 1.66. The van der Waals surface area contributed by atoms with Gasteiger partial charge in [0.2, 0.25) is 5.82 Å². The van der Waals surface area contributed by atoms with Gasteiger partial charge >= 0.3 is 6.01 Å². The Morgan fingerprint density at radius 2 is 1.63 bits per heavy atom. The molecule has 0 radical (unpaired) electrons. The fraction of sp³-hybridized carbons (Fsp3) is 0.393. The number of nitrogens with zero attached hydrogens (tertiary/aromatic N) is 4. The molecule has 0 N–H and O–H groups in total. The number of aromatic nitrogens is 2. The monoisotopic (exact) mass is 472 g/mol. The molecule has 0 atom stereocenters. The molecule has 1 saturated heterocycles. The van der Waals surface area contributed by atoms with Crippen molar-refractivity contribution in [2.45, 2.75) is 51.6 Å². The van der Waals surface area contributed by atoms with Crippen LogP contribution in [0.3, 0.4) is 0 Å². The van der Waals surface area contributed by atoms with Crippen LogP contribution in [0.15, 0.2) is 59.1 Å². The molecule has 35 heavy (non-hydrogen) atoms. The number of hydrogen-bond acceptors (Lipinski definition) is 6. The molecule has 7 nitrogen and oxygen atoms in total. The van der Waals surface area contributed by atoms with E-state index in [1.807, 2.05) is 61.5 Å². The molecular weight excluding hydrogens is 440 g/mol. The Morgan fingerprint density at radius 3 is 2.23 bits per heavy atom. The Bertz CT molecular complexity index is 1190. The van der Waals surface area contributed by atoms with Crippen LogP contribution in [0, 0.1) is 6.92 Å². The number of aryl methyl sites for hydroxylation is 1. The third-order valence-electron chi connectivity index (χ3n) is 6.93. The average molecular weight is 473 g/mol. The molecule has 5 rings (SSSR count). The van der Waals surface area contributed by atoms with E-state index in [0.29, 0.717) is 17.9 Å². The predicted octanol–water partition coefficient (Wildman–Crippen LogP) is 5.33. The first-order chi connectivity index (χ1) is 17.1. The summed E-state index contributed by atoms with van der Waals surface area (Å²) in [5.41, 5.74) is 3.85. The van der Waals surface area contributed by atoms with E-state index in [1.165, 1.54) is 5.56 Å². The number of amides is 1. The molecule has 7 heteroatoms. The van der Waals surface area contributed by atoms with Crippen LogP contribution >= 0.6 is 0 Å². The van der Waals surface area contributed by atoms with E-state index < -0.39 is 0 Å². The number of allylic oxidation sites excluding steroid dienone is 1. The minimum atomic E-state index is 0.122. The normalized spacial score (nSPS) is 16.9. The summed E-state index contributed by atoms with van der Waals surface area (Å²) in [6, 6.07) is 17.0. The summed E-state index contributed by atoms with van der Waals surface area (Å²) in [6.45, 7) is 5.57. The topological polar surface area (TPSA) is 71.7 Å². The highest BCUT2D eigenvalue weighted by molar-refractivity contribution is 5.95. The Labute approximate surface area is 206 Å². The van der Waals surface area contributed by atoms with Crippen LogP contribution in [-0.2, 0) is 4.74 Å². The number of piperidine rings is 1. The number of ether oxygens (including phenoxy) is 1. The van der Waals surface area contributed by atoms with Gasteiger partial charge in [-0.25, -0.2) is 0 Å². The van der Waals surface area contributed by atoms with Gasteiger partial charge in [-0.05, 0) is 57.7 Å². The lowest BCUT2D eigenvalue weighted by Gasteiger charge is -2.38. The van der Waals surface area contributed by atoms with Crippen molar-refractivity contribution in [2.24, 2.45) is 0 Å². The summed E-state index contributed by atoms with van der Waals surface area (Å²) in [6.07, 6.45) is 5.86. The first kappa shape index (κ1) is 23.1. The molecule has 0 spiro atoms. The second-order valence-electron chi connectivity index (χ2n) is 9.36. The molecule has 1 aromatic heterocycles. The van der Waals surface area contributed by atoms with Gasteiger partial charge in [0.25, 0.3) is 5.91 Å². The zero-order valence-corrected chi connectivity index (χ0v) is 20.6. The van der Waals surface area contributed by atoms with Gasteiger partial charge in [-0.2, -0.15) is 4.98 Å². The molecule has 1 saturated carbocycles. The molecule has 2 aliphatic rings. The second-order valence-corrected chi connectivity index (χ2v) is 9.36. The van der Waals surface area contributed by atoms with E-state index in [4.69, 9.17) is 9.26 Å². The van der Waals surface area contributed by atoms with Gasteiger partial charge in [0.15, 0.2) is 0 Å². The van der Waals surface area contributed by atoms with Crippen LogP contribution in [0.2, 0.25) is 0 Å². The number of rotatable bonds is 7. The average Bonchev–Trinajstić information content (AvgIpc) is 3.60. The summed E-state index contributed by atoms with van der Waals surface area (Å²) < 4.78 is 11.0.